The number of nitrogens with one attached hydrogen (secondary N) is 1. The van der Waals surface area contributed by atoms with Gasteiger partial charge in [-0.1, -0.05) is 64.5 Å². The van der Waals surface area contributed by atoms with Crippen LogP contribution in [0.1, 0.15) is 11.1 Å². The Kier molecular flexibility index (Phi) is 5.93. The van der Waals surface area contributed by atoms with E-state index in [2.05, 4.69) is 27.3 Å². The summed E-state index contributed by atoms with van der Waals surface area (Å²) in [6.45, 7) is 0. The van der Waals surface area contributed by atoms with Crippen LogP contribution in [-0.4, -0.2) is 11.9 Å². The molecular weight excluding hydrogens is 340 g/mol. The summed E-state index contributed by atoms with van der Waals surface area (Å²) in [4.78, 5) is 11.9. The van der Waals surface area contributed by atoms with Crippen molar-refractivity contribution in [1.82, 2.24) is 5.32 Å². The summed E-state index contributed by atoms with van der Waals surface area (Å²) >= 11 is 3.42. The van der Waals surface area contributed by atoms with Gasteiger partial charge in [0.05, 0.1) is 6.07 Å². The first-order valence-corrected chi connectivity index (χ1v) is 7.65. The number of carbonyl (C=O) groups excluding carboxylic acids is 1. The molecule has 0 saturated carbocycles. The number of carbonyl (C=O) groups is 1. The van der Waals surface area contributed by atoms with Crippen LogP contribution in [0.25, 0.3) is 6.08 Å². The van der Waals surface area contributed by atoms with Gasteiger partial charge in [0.15, 0.2) is 0 Å². The zero-order valence-electron chi connectivity index (χ0n) is 11.9. The van der Waals surface area contributed by atoms with Crippen molar-refractivity contribution in [3.8, 4) is 6.07 Å². The Hall–Kier alpha value is -2.38. The second-order valence-corrected chi connectivity index (χ2v) is 5.59. The fourth-order valence-corrected chi connectivity index (χ4v) is 2.39. The Labute approximate surface area is 138 Å². The third kappa shape index (κ3) is 4.87. The lowest BCUT2D eigenvalue weighted by Crippen LogP contribution is -2.34. The van der Waals surface area contributed by atoms with Crippen LogP contribution >= 0.6 is 15.9 Å². The van der Waals surface area contributed by atoms with Gasteiger partial charge < -0.3 is 5.32 Å². The fraction of sp³-hybridized carbons (Fsp3) is 0.111. The number of nitriles is 1. The van der Waals surface area contributed by atoms with Gasteiger partial charge in [-0.15, -0.1) is 0 Å². The molecule has 1 atom stereocenters. The number of halogens is 1. The van der Waals surface area contributed by atoms with Crippen LogP contribution in [0.3, 0.4) is 0 Å². The van der Waals surface area contributed by atoms with E-state index >= 15 is 0 Å². The fourth-order valence-electron chi connectivity index (χ4n) is 1.97. The monoisotopic (exact) mass is 354 g/mol. The van der Waals surface area contributed by atoms with Gasteiger partial charge in [0, 0.05) is 17.0 Å². The van der Waals surface area contributed by atoms with E-state index in [0.29, 0.717) is 6.42 Å². The van der Waals surface area contributed by atoms with Crippen LogP contribution in [-0.2, 0) is 11.2 Å². The Balaban J connectivity index is 1.95. The van der Waals surface area contributed by atoms with Gasteiger partial charge in [0.1, 0.15) is 6.04 Å². The average Bonchev–Trinajstić information content (AvgIpc) is 2.54. The van der Waals surface area contributed by atoms with Crippen molar-refractivity contribution in [3.05, 3.63) is 76.3 Å². The first-order valence-electron chi connectivity index (χ1n) is 6.85. The number of benzene rings is 2. The van der Waals surface area contributed by atoms with Gasteiger partial charge >= 0.3 is 0 Å². The third-order valence-corrected chi connectivity index (χ3v) is 3.80. The lowest BCUT2D eigenvalue weighted by molar-refractivity contribution is -0.116. The molecule has 0 fully saturated rings. The number of amides is 1. The first-order chi connectivity index (χ1) is 10.7. The maximum Gasteiger partial charge on any atom is 0.245 e. The van der Waals surface area contributed by atoms with Crippen LogP contribution < -0.4 is 5.32 Å². The first kappa shape index (κ1) is 16.0. The summed E-state index contributed by atoms with van der Waals surface area (Å²) in [6, 6.07) is 18.8. The summed E-state index contributed by atoms with van der Waals surface area (Å²) < 4.78 is 0.917. The molecule has 0 saturated heterocycles. The predicted molar refractivity (Wildman–Crippen MR) is 90.9 cm³/mol. The van der Waals surface area contributed by atoms with Gasteiger partial charge in [0.25, 0.3) is 0 Å². The van der Waals surface area contributed by atoms with E-state index in [0.717, 1.165) is 15.6 Å². The van der Waals surface area contributed by atoms with Crippen molar-refractivity contribution in [2.45, 2.75) is 12.5 Å². The molecule has 0 aromatic heterocycles. The predicted octanol–water partition coefficient (Wildman–Crippen LogP) is 3.71. The second-order valence-electron chi connectivity index (χ2n) is 4.73. The smallest absolute Gasteiger partial charge is 0.245 e. The van der Waals surface area contributed by atoms with E-state index in [-0.39, 0.29) is 5.91 Å². The molecule has 0 aliphatic heterocycles. The number of nitrogens with zero attached hydrogens (tertiary/aromatic N) is 1. The van der Waals surface area contributed by atoms with Crippen LogP contribution in [0.2, 0.25) is 0 Å². The molecule has 4 heteroatoms. The molecule has 2 aromatic rings. The van der Waals surface area contributed by atoms with Gasteiger partial charge in [0.2, 0.25) is 5.91 Å². The largest absolute Gasteiger partial charge is 0.336 e. The molecule has 0 heterocycles. The molecule has 2 aromatic carbocycles. The normalized spacial score (nSPS) is 11.8. The van der Waals surface area contributed by atoms with Gasteiger partial charge in [-0.2, -0.15) is 5.26 Å². The molecule has 3 nitrogen and oxygen atoms in total. The van der Waals surface area contributed by atoms with Crippen LogP contribution in [0, 0.1) is 11.3 Å². The molecular formula is C18H15BrN2O. The standard InChI is InChI=1S/C18H15BrN2O/c19-17-9-5-4-8-15(17)10-11-18(22)21-16(13-20)12-14-6-2-1-3-7-14/h1-11,16H,12H2,(H,21,22)/b11-10+/t16-/m0/s1. The average molecular weight is 355 g/mol. The van der Waals surface area contributed by atoms with E-state index in [9.17, 15) is 4.79 Å². The van der Waals surface area contributed by atoms with Crippen molar-refractivity contribution in [2.24, 2.45) is 0 Å². The van der Waals surface area contributed by atoms with Gasteiger partial charge in [-0.05, 0) is 23.3 Å². The topological polar surface area (TPSA) is 52.9 Å². The van der Waals surface area contributed by atoms with Crippen molar-refractivity contribution < 1.29 is 4.79 Å². The summed E-state index contributed by atoms with van der Waals surface area (Å²) in [5.74, 6) is -0.279. The Morgan fingerprint density at radius 2 is 1.86 bits per heavy atom. The minimum absolute atomic E-state index is 0.279. The van der Waals surface area contributed by atoms with E-state index in [1.165, 1.54) is 6.08 Å². The maximum atomic E-state index is 11.9. The third-order valence-electron chi connectivity index (χ3n) is 3.07. The molecule has 110 valence electrons. The highest BCUT2D eigenvalue weighted by Gasteiger charge is 2.10. The van der Waals surface area contributed by atoms with Crippen molar-refractivity contribution in [1.29, 1.82) is 5.26 Å². The van der Waals surface area contributed by atoms with Gasteiger partial charge in [-0.3, -0.25) is 4.79 Å². The number of hydrogen-bond donors (Lipinski definition) is 1. The summed E-state index contributed by atoms with van der Waals surface area (Å²) in [5, 5.41) is 11.9. The van der Waals surface area contributed by atoms with Crippen molar-refractivity contribution >= 4 is 27.9 Å². The highest BCUT2D eigenvalue weighted by Crippen LogP contribution is 2.16. The second kappa shape index (κ2) is 8.16. The Bertz CT molecular complexity index is 705. The maximum absolute atomic E-state index is 11.9. The van der Waals surface area contributed by atoms with Crippen LogP contribution in [0.5, 0.6) is 0 Å². The Morgan fingerprint density at radius 3 is 2.55 bits per heavy atom. The molecule has 0 bridgehead atoms. The highest BCUT2D eigenvalue weighted by atomic mass is 79.9. The van der Waals surface area contributed by atoms with Crippen LogP contribution in [0.15, 0.2) is 65.1 Å². The van der Waals surface area contributed by atoms with E-state index in [4.69, 9.17) is 5.26 Å². The highest BCUT2D eigenvalue weighted by molar-refractivity contribution is 9.10. The summed E-state index contributed by atoms with van der Waals surface area (Å²) in [6.07, 6.45) is 3.65. The Morgan fingerprint density at radius 1 is 1.18 bits per heavy atom. The van der Waals surface area contributed by atoms with E-state index < -0.39 is 6.04 Å². The minimum atomic E-state index is -0.543. The number of rotatable bonds is 5. The quantitative estimate of drug-likeness (QED) is 0.832. The zero-order valence-corrected chi connectivity index (χ0v) is 13.5. The molecule has 22 heavy (non-hydrogen) atoms. The van der Waals surface area contributed by atoms with E-state index in [1.807, 2.05) is 54.6 Å². The molecule has 1 N–H and O–H groups in total. The molecule has 2 rings (SSSR count). The van der Waals surface area contributed by atoms with Crippen LogP contribution in [0.4, 0.5) is 0 Å². The summed E-state index contributed by atoms with van der Waals surface area (Å²) in [7, 11) is 0. The van der Waals surface area contributed by atoms with Crippen molar-refractivity contribution in [3.63, 3.8) is 0 Å². The van der Waals surface area contributed by atoms with Gasteiger partial charge in [-0.25, -0.2) is 0 Å². The molecule has 0 aliphatic rings. The van der Waals surface area contributed by atoms with E-state index in [1.54, 1.807) is 6.08 Å². The lowest BCUT2D eigenvalue weighted by Gasteiger charge is -2.10. The number of hydrogen-bond acceptors (Lipinski definition) is 2. The summed E-state index contributed by atoms with van der Waals surface area (Å²) in [5.41, 5.74) is 1.93. The van der Waals surface area contributed by atoms with Crippen molar-refractivity contribution in [2.75, 3.05) is 0 Å². The molecule has 0 radical (unpaired) electrons. The minimum Gasteiger partial charge on any atom is -0.336 e. The molecule has 0 unspecified atom stereocenters. The lowest BCUT2D eigenvalue weighted by atomic mass is 10.1. The molecule has 0 aliphatic carbocycles. The molecule has 1 amide bonds. The SMILES string of the molecule is N#C[C@H](Cc1ccccc1)NC(=O)/C=C/c1ccccc1Br. The molecule has 0 spiro atoms. The zero-order chi connectivity index (χ0) is 15.8.